The molecule has 0 saturated heterocycles. The van der Waals surface area contributed by atoms with Gasteiger partial charge in [-0.25, -0.2) is 0 Å². The summed E-state index contributed by atoms with van der Waals surface area (Å²) in [6.07, 6.45) is 2.00. The standard InChI is InChI=1S/C14H13NO2.Na/c16-14(17)12(13-8-4-5-9-15-13)10-11-6-2-1-3-7-11;/h1-9,12H,10H2,(H,16,17);/q;+1/p-1. The number of aromatic nitrogens is 1. The van der Waals surface area contributed by atoms with Gasteiger partial charge in [-0.3, -0.25) is 4.98 Å². The topological polar surface area (TPSA) is 53.0 Å². The van der Waals surface area contributed by atoms with Gasteiger partial charge in [-0.05, 0) is 24.1 Å². The van der Waals surface area contributed by atoms with Crippen molar-refractivity contribution in [3.8, 4) is 0 Å². The van der Waals surface area contributed by atoms with Crippen molar-refractivity contribution >= 4 is 5.97 Å². The van der Waals surface area contributed by atoms with Crippen LogP contribution in [0.15, 0.2) is 54.7 Å². The van der Waals surface area contributed by atoms with Crippen molar-refractivity contribution in [2.75, 3.05) is 0 Å². The summed E-state index contributed by atoms with van der Waals surface area (Å²) < 4.78 is 0. The Bertz CT molecular complexity index is 488. The molecule has 0 bridgehead atoms. The molecule has 0 fully saturated rings. The number of rotatable bonds is 4. The molecule has 2 aromatic rings. The van der Waals surface area contributed by atoms with Gasteiger partial charge < -0.3 is 9.90 Å². The molecular formula is C14H12NNaO2. The second kappa shape index (κ2) is 7.31. The summed E-state index contributed by atoms with van der Waals surface area (Å²) in [6.45, 7) is 0. The van der Waals surface area contributed by atoms with Crippen LogP contribution in [0.1, 0.15) is 17.2 Å². The molecule has 2 rings (SSSR count). The Kier molecular flexibility index (Phi) is 6.05. The summed E-state index contributed by atoms with van der Waals surface area (Å²) in [6, 6.07) is 14.7. The van der Waals surface area contributed by atoms with E-state index in [-0.39, 0.29) is 29.6 Å². The van der Waals surface area contributed by atoms with Gasteiger partial charge in [0.1, 0.15) is 0 Å². The Balaban J connectivity index is 0.00000162. The van der Waals surface area contributed by atoms with Gasteiger partial charge in [0.25, 0.3) is 0 Å². The molecule has 4 heteroatoms. The second-order valence-electron chi connectivity index (χ2n) is 3.82. The van der Waals surface area contributed by atoms with E-state index >= 15 is 0 Å². The molecule has 1 unspecified atom stereocenters. The molecule has 1 aromatic carbocycles. The van der Waals surface area contributed by atoms with E-state index in [2.05, 4.69) is 4.98 Å². The zero-order valence-corrected chi connectivity index (χ0v) is 12.2. The maximum atomic E-state index is 11.2. The molecule has 18 heavy (non-hydrogen) atoms. The summed E-state index contributed by atoms with van der Waals surface area (Å²) in [5.41, 5.74) is 1.50. The number of hydrogen-bond acceptors (Lipinski definition) is 3. The minimum absolute atomic E-state index is 0. The van der Waals surface area contributed by atoms with E-state index in [0.717, 1.165) is 5.56 Å². The van der Waals surface area contributed by atoms with Gasteiger partial charge in [0, 0.05) is 17.8 Å². The number of carbonyl (C=O) groups is 1. The first-order valence-corrected chi connectivity index (χ1v) is 5.43. The van der Waals surface area contributed by atoms with Crippen molar-refractivity contribution in [2.24, 2.45) is 0 Å². The number of aliphatic carboxylic acids is 1. The molecule has 0 radical (unpaired) electrons. The van der Waals surface area contributed by atoms with Crippen molar-refractivity contribution in [2.45, 2.75) is 12.3 Å². The zero-order valence-electron chi connectivity index (χ0n) is 10.2. The Labute approximate surface area is 128 Å². The largest absolute Gasteiger partial charge is 1.00 e. The maximum Gasteiger partial charge on any atom is 1.00 e. The normalized spacial score (nSPS) is 11.3. The Morgan fingerprint density at radius 1 is 1.11 bits per heavy atom. The second-order valence-corrected chi connectivity index (χ2v) is 3.82. The fourth-order valence-corrected chi connectivity index (χ4v) is 1.74. The maximum absolute atomic E-state index is 11.2. The molecule has 0 N–H and O–H groups in total. The van der Waals surface area contributed by atoms with Crippen molar-refractivity contribution in [3.05, 3.63) is 66.0 Å². The SMILES string of the molecule is O=C([O-])C(Cc1ccccc1)c1ccccn1.[Na+]. The fourth-order valence-electron chi connectivity index (χ4n) is 1.74. The quantitative estimate of drug-likeness (QED) is 0.598. The number of carboxylic acids is 1. The smallest absolute Gasteiger partial charge is 0.549 e. The first-order valence-electron chi connectivity index (χ1n) is 5.43. The van der Waals surface area contributed by atoms with Crippen LogP contribution in [0.25, 0.3) is 0 Å². The summed E-state index contributed by atoms with van der Waals surface area (Å²) in [5.74, 6) is -1.79. The van der Waals surface area contributed by atoms with Crippen LogP contribution in [0.4, 0.5) is 0 Å². The number of hydrogen-bond donors (Lipinski definition) is 0. The predicted molar refractivity (Wildman–Crippen MR) is 62.1 cm³/mol. The first kappa shape index (κ1) is 14.9. The van der Waals surface area contributed by atoms with Crippen molar-refractivity contribution in [3.63, 3.8) is 0 Å². The molecule has 1 aromatic heterocycles. The molecule has 0 amide bonds. The molecular weight excluding hydrogens is 237 g/mol. The number of carbonyl (C=O) groups excluding carboxylic acids is 1. The fraction of sp³-hybridized carbons (Fsp3) is 0.143. The van der Waals surface area contributed by atoms with E-state index in [0.29, 0.717) is 12.1 Å². The number of nitrogens with zero attached hydrogens (tertiary/aromatic N) is 1. The van der Waals surface area contributed by atoms with Crippen LogP contribution < -0.4 is 34.7 Å². The molecule has 0 aliphatic rings. The van der Waals surface area contributed by atoms with Gasteiger partial charge in [0.05, 0.1) is 5.97 Å². The summed E-state index contributed by atoms with van der Waals surface area (Å²) in [5, 5.41) is 11.2. The van der Waals surface area contributed by atoms with E-state index in [1.807, 2.05) is 30.3 Å². The van der Waals surface area contributed by atoms with Crippen LogP contribution in [0.2, 0.25) is 0 Å². The van der Waals surface area contributed by atoms with Crippen molar-refractivity contribution < 1.29 is 39.5 Å². The van der Waals surface area contributed by atoms with Gasteiger partial charge in [-0.15, -0.1) is 0 Å². The van der Waals surface area contributed by atoms with E-state index in [1.165, 1.54) is 0 Å². The van der Waals surface area contributed by atoms with E-state index < -0.39 is 11.9 Å². The number of benzene rings is 1. The molecule has 0 saturated carbocycles. The number of carboxylic acid groups (broad SMARTS) is 1. The minimum Gasteiger partial charge on any atom is -0.549 e. The third-order valence-electron chi connectivity index (χ3n) is 2.61. The predicted octanol–water partition coefficient (Wildman–Crippen LogP) is -1.84. The number of pyridine rings is 1. The summed E-state index contributed by atoms with van der Waals surface area (Å²) >= 11 is 0. The van der Waals surface area contributed by atoms with E-state index in [9.17, 15) is 9.90 Å². The summed E-state index contributed by atoms with van der Waals surface area (Å²) in [7, 11) is 0. The Morgan fingerprint density at radius 2 is 1.78 bits per heavy atom. The van der Waals surface area contributed by atoms with Crippen LogP contribution in [0.3, 0.4) is 0 Å². The zero-order chi connectivity index (χ0) is 12.1. The van der Waals surface area contributed by atoms with Gasteiger partial charge in [0.15, 0.2) is 0 Å². The van der Waals surface area contributed by atoms with Crippen LogP contribution in [0.5, 0.6) is 0 Å². The third kappa shape index (κ3) is 3.95. The van der Waals surface area contributed by atoms with Gasteiger partial charge in [-0.2, -0.15) is 0 Å². The van der Waals surface area contributed by atoms with Crippen LogP contribution >= 0.6 is 0 Å². The molecule has 86 valence electrons. The molecule has 0 spiro atoms. The Morgan fingerprint density at radius 3 is 2.33 bits per heavy atom. The van der Waals surface area contributed by atoms with E-state index in [1.54, 1.807) is 24.4 Å². The molecule has 1 heterocycles. The van der Waals surface area contributed by atoms with Gasteiger partial charge >= 0.3 is 29.6 Å². The van der Waals surface area contributed by atoms with Crippen LogP contribution in [0, 0.1) is 0 Å². The van der Waals surface area contributed by atoms with Gasteiger partial charge in [0.2, 0.25) is 0 Å². The van der Waals surface area contributed by atoms with Crippen molar-refractivity contribution in [1.29, 1.82) is 0 Å². The summed E-state index contributed by atoms with van der Waals surface area (Å²) in [4.78, 5) is 15.2. The van der Waals surface area contributed by atoms with Crippen LogP contribution in [-0.4, -0.2) is 11.0 Å². The van der Waals surface area contributed by atoms with Crippen LogP contribution in [-0.2, 0) is 11.2 Å². The third-order valence-corrected chi connectivity index (χ3v) is 2.61. The monoisotopic (exact) mass is 249 g/mol. The average Bonchev–Trinajstić information content (AvgIpc) is 2.38. The van der Waals surface area contributed by atoms with Crippen molar-refractivity contribution in [1.82, 2.24) is 4.98 Å². The first-order chi connectivity index (χ1) is 8.27. The minimum atomic E-state index is -1.09. The molecule has 0 aliphatic carbocycles. The van der Waals surface area contributed by atoms with Gasteiger partial charge in [-0.1, -0.05) is 36.4 Å². The molecule has 1 atom stereocenters. The molecule has 3 nitrogen and oxygen atoms in total. The molecule has 0 aliphatic heterocycles. The van der Waals surface area contributed by atoms with E-state index in [4.69, 9.17) is 0 Å². The Hall–Kier alpha value is -1.16. The average molecular weight is 249 g/mol.